The lowest BCUT2D eigenvalue weighted by Gasteiger charge is -2.61. The molecular weight excluding hydrogens is 340 g/mol. The highest BCUT2D eigenvalue weighted by Gasteiger charge is 2.58. The fourth-order valence-corrected chi connectivity index (χ4v) is 5.95. The van der Waals surface area contributed by atoms with E-state index < -0.39 is 18.2 Å². The molecule has 3 aliphatic rings. The molecule has 2 unspecified atom stereocenters. The molecule has 0 heterocycles. The second-order valence-electron chi connectivity index (χ2n) is 9.09. The first-order chi connectivity index (χ1) is 12.8. The number of rotatable bonds is 4. The minimum Gasteiger partial charge on any atom is -0.481 e. The van der Waals surface area contributed by atoms with E-state index in [1.165, 1.54) is 24.8 Å². The Kier molecular flexibility index (Phi) is 6.33. The first-order valence-corrected chi connectivity index (χ1v) is 10.6. The quantitative estimate of drug-likeness (QED) is 0.517. The zero-order chi connectivity index (χ0) is 19.6. The van der Waals surface area contributed by atoms with Crippen LogP contribution >= 0.6 is 0 Å². The summed E-state index contributed by atoms with van der Waals surface area (Å²) in [6, 6.07) is 0. The fraction of sp³-hybridized carbons (Fsp3) is 0.783. The zero-order valence-electron chi connectivity index (χ0n) is 16.7. The third-order valence-electron chi connectivity index (χ3n) is 7.40. The second-order valence-corrected chi connectivity index (χ2v) is 9.09. The molecule has 0 radical (unpaired) electrons. The first kappa shape index (κ1) is 20.4. The summed E-state index contributed by atoms with van der Waals surface area (Å²) in [5.74, 6) is 6.38. The monoisotopic (exact) mass is 374 g/mol. The Morgan fingerprint density at radius 1 is 1.30 bits per heavy atom. The number of allylic oxidation sites excluding steroid dienone is 2. The molecule has 3 rings (SSSR count). The Hall–Kier alpha value is -1.31. The summed E-state index contributed by atoms with van der Waals surface area (Å²) < 4.78 is 0. The van der Waals surface area contributed by atoms with Crippen LogP contribution in [0.25, 0.3) is 0 Å². The molecule has 27 heavy (non-hydrogen) atoms. The molecule has 0 aliphatic heterocycles. The highest BCUT2D eigenvalue weighted by atomic mass is 16.4. The highest BCUT2D eigenvalue weighted by Crippen LogP contribution is 2.64. The maximum atomic E-state index is 10.8. The molecule has 0 spiro atoms. The Labute approximate surface area is 163 Å². The Morgan fingerprint density at radius 3 is 2.67 bits per heavy atom. The van der Waals surface area contributed by atoms with Crippen LogP contribution in [0.5, 0.6) is 0 Å². The van der Waals surface area contributed by atoms with Crippen molar-refractivity contribution in [3.63, 3.8) is 0 Å². The molecule has 3 aliphatic carbocycles. The van der Waals surface area contributed by atoms with Crippen LogP contribution in [0.2, 0.25) is 0 Å². The molecule has 0 bridgehead atoms. The molecule has 0 amide bonds. The third kappa shape index (κ3) is 4.10. The molecule has 3 fully saturated rings. The van der Waals surface area contributed by atoms with Gasteiger partial charge >= 0.3 is 5.97 Å². The minimum absolute atomic E-state index is 0.00624. The summed E-state index contributed by atoms with van der Waals surface area (Å²) in [4.78, 5) is 10.8. The van der Waals surface area contributed by atoms with Crippen molar-refractivity contribution in [3.8, 4) is 11.8 Å². The van der Waals surface area contributed by atoms with Crippen molar-refractivity contribution in [2.24, 2.45) is 29.1 Å². The van der Waals surface area contributed by atoms with Gasteiger partial charge in [0.25, 0.3) is 0 Å². The lowest BCUT2D eigenvalue weighted by molar-refractivity contribution is -0.136. The van der Waals surface area contributed by atoms with E-state index in [0.717, 1.165) is 25.7 Å². The van der Waals surface area contributed by atoms with Gasteiger partial charge in [-0.25, -0.2) is 0 Å². The summed E-state index contributed by atoms with van der Waals surface area (Å²) >= 11 is 0. The molecule has 4 nitrogen and oxygen atoms in total. The van der Waals surface area contributed by atoms with Crippen LogP contribution in [-0.2, 0) is 4.79 Å². The van der Waals surface area contributed by atoms with E-state index in [-0.39, 0.29) is 29.6 Å². The fourth-order valence-electron chi connectivity index (χ4n) is 5.95. The molecule has 0 aromatic heterocycles. The van der Waals surface area contributed by atoms with Crippen LogP contribution in [0.1, 0.15) is 71.6 Å². The van der Waals surface area contributed by atoms with Crippen LogP contribution in [0.4, 0.5) is 0 Å². The van der Waals surface area contributed by atoms with E-state index in [4.69, 9.17) is 5.11 Å². The van der Waals surface area contributed by atoms with Crippen LogP contribution in [-0.4, -0.2) is 33.5 Å². The third-order valence-corrected chi connectivity index (χ3v) is 7.40. The van der Waals surface area contributed by atoms with E-state index in [1.807, 2.05) is 0 Å². The van der Waals surface area contributed by atoms with Gasteiger partial charge < -0.3 is 15.3 Å². The van der Waals surface area contributed by atoms with Gasteiger partial charge in [-0.05, 0) is 55.3 Å². The van der Waals surface area contributed by atoms with Gasteiger partial charge in [-0.1, -0.05) is 56.6 Å². The van der Waals surface area contributed by atoms with Crippen molar-refractivity contribution in [1.82, 2.24) is 0 Å². The van der Waals surface area contributed by atoms with Gasteiger partial charge in [0.15, 0.2) is 0 Å². The van der Waals surface area contributed by atoms with Crippen LogP contribution in [0.3, 0.4) is 0 Å². The molecule has 150 valence electrons. The molecular formula is C23H34O4. The SMILES string of the molecule is CC1/C(=C/CCC(=O)O)[C@]2(C)CC[C@H](O)[C@@H](C#CC(O)C3CCCCC3)[C@H]12. The van der Waals surface area contributed by atoms with Gasteiger partial charge in [0, 0.05) is 6.42 Å². The van der Waals surface area contributed by atoms with E-state index in [9.17, 15) is 15.0 Å². The van der Waals surface area contributed by atoms with Gasteiger partial charge in [-0.15, -0.1) is 0 Å². The van der Waals surface area contributed by atoms with Crippen molar-refractivity contribution in [1.29, 1.82) is 0 Å². The molecule has 4 heteroatoms. The van der Waals surface area contributed by atoms with Crippen molar-refractivity contribution in [3.05, 3.63) is 11.6 Å². The van der Waals surface area contributed by atoms with Gasteiger partial charge in [0.1, 0.15) is 6.10 Å². The number of aliphatic carboxylic acids is 1. The Bertz CT molecular complexity index is 636. The number of carboxylic acids is 1. The average Bonchev–Trinajstić information content (AvgIpc) is 2.65. The number of carboxylic acid groups (broad SMARTS) is 1. The number of hydrogen-bond acceptors (Lipinski definition) is 3. The van der Waals surface area contributed by atoms with Crippen molar-refractivity contribution < 1.29 is 20.1 Å². The molecule has 0 aromatic carbocycles. The van der Waals surface area contributed by atoms with Gasteiger partial charge in [-0.3, -0.25) is 4.79 Å². The normalized spacial score (nSPS) is 39.0. The maximum absolute atomic E-state index is 10.8. The summed E-state index contributed by atoms with van der Waals surface area (Å²) in [6.07, 6.45) is 9.18. The molecule has 6 atom stereocenters. The number of fused-ring (bicyclic) bond motifs is 1. The molecule has 0 aromatic rings. The number of aliphatic hydroxyl groups is 2. The molecule has 3 N–H and O–H groups in total. The summed E-state index contributed by atoms with van der Waals surface area (Å²) in [5.41, 5.74) is 1.34. The van der Waals surface area contributed by atoms with E-state index in [1.54, 1.807) is 0 Å². The average molecular weight is 375 g/mol. The zero-order valence-corrected chi connectivity index (χ0v) is 16.7. The van der Waals surface area contributed by atoms with Crippen LogP contribution in [0.15, 0.2) is 11.6 Å². The van der Waals surface area contributed by atoms with Crippen molar-refractivity contribution >= 4 is 5.97 Å². The standard InChI is InChI=1S/C23H34O4/c1-15-18(9-6-10-21(26)27)23(2)14-13-20(25)17(22(15)23)11-12-19(24)16-7-4-3-5-8-16/h9,15-17,19-20,22,24-25H,3-8,10,13-14H2,1-2H3,(H,26,27)/b18-9-/t15?,17-,19?,20+,22+,23+/m1/s1. The van der Waals surface area contributed by atoms with Crippen LogP contribution in [0, 0.1) is 40.9 Å². The number of aliphatic hydroxyl groups excluding tert-OH is 2. The first-order valence-electron chi connectivity index (χ1n) is 10.6. The molecule has 0 saturated heterocycles. The van der Waals surface area contributed by atoms with Crippen molar-refractivity contribution in [2.75, 3.05) is 0 Å². The van der Waals surface area contributed by atoms with Crippen LogP contribution < -0.4 is 0 Å². The number of hydrogen-bond donors (Lipinski definition) is 3. The van der Waals surface area contributed by atoms with Gasteiger partial charge in [0.2, 0.25) is 0 Å². The topological polar surface area (TPSA) is 77.8 Å². The predicted octanol–water partition coefficient (Wildman–Crippen LogP) is 3.77. The number of carbonyl (C=O) groups is 1. The summed E-state index contributed by atoms with van der Waals surface area (Å²) in [7, 11) is 0. The van der Waals surface area contributed by atoms with E-state index in [2.05, 4.69) is 31.8 Å². The molecule has 3 saturated carbocycles. The summed E-state index contributed by atoms with van der Waals surface area (Å²) in [6.45, 7) is 4.41. The summed E-state index contributed by atoms with van der Waals surface area (Å²) in [5, 5.41) is 30.0. The highest BCUT2D eigenvalue weighted by molar-refractivity contribution is 5.66. The minimum atomic E-state index is -0.764. The Balaban J connectivity index is 1.71. The predicted molar refractivity (Wildman–Crippen MR) is 105 cm³/mol. The smallest absolute Gasteiger partial charge is 0.303 e. The van der Waals surface area contributed by atoms with E-state index in [0.29, 0.717) is 12.3 Å². The Morgan fingerprint density at radius 2 is 2.00 bits per heavy atom. The maximum Gasteiger partial charge on any atom is 0.303 e. The van der Waals surface area contributed by atoms with Gasteiger partial charge in [0.05, 0.1) is 12.0 Å². The van der Waals surface area contributed by atoms with Crippen molar-refractivity contribution in [2.45, 2.75) is 83.8 Å². The van der Waals surface area contributed by atoms with E-state index >= 15 is 0 Å². The second kappa shape index (κ2) is 8.37. The largest absolute Gasteiger partial charge is 0.481 e. The lowest BCUT2D eigenvalue weighted by atomic mass is 9.43. The lowest BCUT2D eigenvalue weighted by Crippen LogP contribution is -2.56. The van der Waals surface area contributed by atoms with Gasteiger partial charge in [-0.2, -0.15) is 0 Å².